The number of aromatic nitrogens is 2. The van der Waals surface area contributed by atoms with Crippen LogP contribution in [0.25, 0.3) is 31.7 Å². The molecular weight excluding hydrogens is 454 g/mol. The molecule has 1 aliphatic heterocycles. The van der Waals surface area contributed by atoms with E-state index >= 15 is 0 Å². The summed E-state index contributed by atoms with van der Waals surface area (Å²) in [6.45, 7) is 3.80. The number of benzene rings is 2. The Morgan fingerprint density at radius 1 is 1.09 bits per heavy atom. The highest BCUT2D eigenvalue weighted by molar-refractivity contribution is 7.16. The van der Waals surface area contributed by atoms with Crippen LogP contribution in [0.15, 0.2) is 65.0 Å². The Morgan fingerprint density at radius 2 is 1.91 bits per heavy atom. The van der Waals surface area contributed by atoms with E-state index in [2.05, 4.69) is 4.99 Å². The van der Waals surface area contributed by atoms with Gasteiger partial charge in [0.1, 0.15) is 13.2 Å². The normalized spacial score (nSPS) is 13.7. The van der Waals surface area contributed by atoms with Gasteiger partial charge in [0, 0.05) is 24.1 Å². The van der Waals surface area contributed by atoms with Crippen LogP contribution in [0.3, 0.4) is 0 Å². The maximum Gasteiger partial charge on any atom is 0.280 e. The fraction of sp³-hybridized carbons (Fsp3) is 0.160. The van der Waals surface area contributed by atoms with E-state index in [4.69, 9.17) is 14.5 Å². The van der Waals surface area contributed by atoms with E-state index in [1.165, 1.54) is 11.3 Å². The number of rotatable bonds is 3. The summed E-state index contributed by atoms with van der Waals surface area (Å²) in [4.78, 5) is 24.5. The Hall–Kier alpha value is -3.49. The summed E-state index contributed by atoms with van der Waals surface area (Å²) < 4.78 is 14.5. The van der Waals surface area contributed by atoms with Gasteiger partial charge in [0.25, 0.3) is 5.91 Å². The predicted molar refractivity (Wildman–Crippen MR) is 131 cm³/mol. The van der Waals surface area contributed by atoms with Gasteiger partial charge in [0.15, 0.2) is 16.3 Å². The number of carbonyl (C=O) groups excluding carboxylic acids is 1. The lowest BCUT2D eigenvalue weighted by atomic mass is 10.1. The van der Waals surface area contributed by atoms with E-state index in [9.17, 15) is 4.79 Å². The van der Waals surface area contributed by atoms with Crippen LogP contribution in [0.5, 0.6) is 11.5 Å². The first kappa shape index (κ1) is 20.1. The molecule has 0 fully saturated rings. The number of thiazole rings is 1. The van der Waals surface area contributed by atoms with Gasteiger partial charge in [0.2, 0.25) is 0 Å². The van der Waals surface area contributed by atoms with Crippen molar-refractivity contribution in [1.29, 1.82) is 0 Å². The van der Waals surface area contributed by atoms with Crippen molar-refractivity contribution in [2.75, 3.05) is 13.2 Å². The van der Waals surface area contributed by atoms with Crippen LogP contribution >= 0.6 is 22.7 Å². The number of hydrogen-bond acceptors (Lipinski definition) is 6. The lowest BCUT2D eigenvalue weighted by molar-refractivity contribution is 0.0999. The minimum atomic E-state index is -0.280. The summed E-state index contributed by atoms with van der Waals surface area (Å²) in [5.74, 6) is 1.18. The first-order valence-corrected chi connectivity index (χ1v) is 12.4. The third-order valence-electron chi connectivity index (χ3n) is 5.58. The van der Waals surface area contributed by atoms with Crippen molar-refractivity contribution in [3.05, 3.63) is 70.3 Å². The van der Waals surface area contributed by atoms with Crippen LogP contribution in [0, 0.1) is 0 Å². The molecule has 0 aliphatic carbocycles. The summed E-state index contributed by atoms with van der Waals surface area (Å²) in [6, 6.07) is 17.5. The van der Waals surface area contributed by atoms with E-state index in [1.54, 1.807) is 11.3 Å². The molecule has 4 heterocycles. The second kappa shape index (κ2) is 8.13. The Balaban J connectivity index is 1.52. The van der Waals surface area contributed by atoms with Crippen molar-refractivity contribution < 1.29 is 14.3 Å². The third-order valence-corrected chi connectivity index (χ3v) is 7.51. The monoisotopic (exact) mass is 473 g/mol. The summed E-state index contributed by atoms with van der Waals surface area (Å²) in [6.07, 6.45) is 0. The van der Waals surface area contributed by atoms with E-state index < -0.39 is 0 Å². The molecule has 0 radical (unpaired) electrons. The van der Waals surface area contributed by atoms with Gasteiger partial charge in [-0.25, -0.2) is 4.98 Å². The number of thiophene rings is 1. The zero-order chi connectivity index (χ0) is 22.4. The molecule has 6 rings (SSSR count). The minimum absolute atomic E-state index is 0.280. The summed E-state index contributed by atoms with van der Waals surface area (Å²) in [5, 5.41) is 2.81. The summed E-state index contributed by atoms with van der Waals surface area (Å²) >= 11 is 3.08. The molecule has 164 valence electrons. The van der Waals surface area contributed by atoms with Crippen molar-refractivity contribution in [1.82, 2.24) is 9.55 Å². The van der Waals surface area contributed by atoms with Gasteiger partial charge in [-0.3, -0.25) is 4.79 Å². The fourth-order valence-corrected chi connectivity index (χ4v) is 5.84. The Morgan fingerprint density at radius 3 is 2.70 bits per heavy atom. The first-order valence-electron chi connectivity index (χ1n) is 10.7. The molecule has 8 heteroatoms. The molecular formula is C25H19N3O3S2. The van der Waals surface area contributed by atoms with Crippen LogP contribution in [-0.4, -0.2) is 28.7 Å². The highest BCUT2D eigenvalue weighted by Crippen LogP contribution is 2.35. The largest absolute Gasteiger partial charge is 0.486 e. The van der Waals surface area contributed by atoms with Gasteiger partial charge in [-0.2, -0.15) is 4.99 Å². The third kappa shape index (κ3) is 3.51. The highest BCUT2D eigenvalue weighted by atomic mass is 32.1. The molecule has 0 saturated heterocycles. The van der Waals surface area contributed by atoms with E-state index in [1.807, 2.05) is 71.5 Å². The summed E-state index contributed by atoms with van der Waals surface area (Å²) in [7, 11) is 0. The average Bonchev–Trinajstić information content (AvgIpc) is 3.49. The van der Waals surface area contributed by atoms with Gasteiger partial charge < -0.3 is 14.0 Å². The van der Waals surface area contributed by atoms with Crippen LogP contribution < -0.4 is 14.3 Å². The first-order chi connectivity index (χ1) is 16.2. The molecule has 2 aromatic carbocycles. The number of amides is 1. The van der Waals surface area contributed by atoms with Crippen molar-refractivity contribution in [2.24, 2.45) is 4.99 Å². The zero-order valence-electron chi connectivity index (χ0n) is 17.8. The van der Waals surface area contributed by atoms with Crippen LogP contribution in [-0.2, 0) is 6.54 Å². The molecule has 1 aliphatic rings. The zero-order valence-corrected chi connectivity index (χ0v) is 19.4. The smallest absolute Gasteiger partial charge is 0.280 e. The minimum Gasteiger partial charge on any atom is -0.486 e. The van der Waals surface area contributed by atoms with Gasteiger partial charge >= 0.3 is 0 Å². The number of aryl methyl sites for hydroxylation is 1. The molecule has 5 aromatic rings. The number of pyridine rings is 1. The van der Waals surface area contributed by atoms with Gasteiger partial charge in [0.05, 0.1) is 31.9 Å². The topological polar surface area (TPSA) is 65.7 Å². The second-order valence-electron chi connectivity index (χ2n) is 7.56. The fourth-order valence-electron chi connectivity index (χ4n) is 4.05. The SMILES string of the molecule is CCn1c(=NC(=O)c2cc(-c3cccs3)nc3ccccc23)sc2cc3c(cc21)OCCO3. The van der Waals surface area contributed by atoms with Crippen molar-refractivity contribution >= 4 is 49.7 Å². The molecule has 0 N–H and O–H groups in total. The van der Waals surface area contributed by atoms with Gasteiger partial charge in [-0.05, 0) is 30.5 Å². The van der Waals surface area contributed by atoms with Crippen molar-refractivity contribution in [3.63, 3.8) is 0 Å². The molecule has 0 unspecified atom stereocenters. The quantitative estimate of drug-likeness (QED) is 0.346. The van der Waals surface area contributed by atoms with Crippen molar-refractivity contribution in [2.45, 2.75) is 13.5 Å². The highest BCUT2D eigenvalue weighted by Gasteiger charge is 2.18. The maximum atomic E-state index is 13.5. The molecule has 0 spiro atoms. The lowest BCUT2D eigenvalue weighted by Crippen LogP contribution is -2.17. The van der Waals surface area contributed by atoms with Gasteiger partial charge in [-0.15, -0.1) is 11.3 Å². The molecule has 0 saturated carbocycles. The lowest BCUT2D eigenvalue weighted by Gasteiger charge is -2.18. The molecule has 6 nitrogen and oxygen atoms in total. The average molecular weight is 474 g/mol. The van der Waals surface area contributed by atoms with E-state index in [0.29, 0.717) is 30.1 Å². The number of hydrogen-bond donors (Lipinski definition) is 0. The number of carbonyl (C=O) groups is 1. The number of nitrogens with zero attached hydrogens (tertiary/aromatic N) is 3. The molecule has 0 bridgehead atoms. The standard InChI is InChI=1S/C25H19N3O3S2/c1-2-28-19-13-20-21(31-10-9-30-20)14-23(19)33-25(28)27-24(29)16-12-18(22-8-5-11-32-22)26-17-7-4-3-6-15(16)17/h3-8,11-14H,2,9-10H2,1H3. The Labute approximate surface area is 197 Å². The number of fused-ring (bicyclic) bond motifs is 3. The van der Waals surface area contributed by atoms with Crippen LogP contribution in [0.1, 0.15) is 17.3 Å². The molecule has 0 atom stereocenters. The molecule has 3 aromatic heterocycles. The number of ether oxygens (including phenoxy) is 2. The molecule has 1 amide bonds. The van der Waals surface area contributed by atoms with E-state index in [0.717, 1.165) is 43.2 Å². The van der Waals surface area contributed by atoms with Gasteiger partial charge in [-0.1, -0.05) is 35.6 Å². The molecule has 33 heavy (non-hydrogen) atoms. The summed E-state index contributed by atoms with van der Waals surface area (Å²) in [5.41, 5.74) is 3.10. The second-order valence-corrected chi connectivity index (χ2v) is 9.52. The Kier molecular flexibility index (Phi) is 4.96. The van der Waals surface area contributed by atoms with Crippen molar-refractivity contribution in [3.8, 4) is 22.1 Å². The Bertz CT molecular complexity index is 1580. The predicted octanol–water partition coefficient (Wildman–Crippen LogP) is 5.51. The maximum absolute atomic E-state index is 13.5. The van der Waals surface area contributed by atoms with E-state index in [-0.39, 0.29) is 5.91 Å². The number of para-hydroxylation sites is 1. The van der Waals surface area contributed by atoms with Crippen LogP contribution in [0.4, 0.5) is 0 Å². The van der Waals surface area contributed by atoms with Crippen LogP contribution in [0.2, 0.25) is 0 Å².